The highest BCUT2D eigenvalue weighted by atomic mass is 16.5. The standard InChI is InChI=1S/C15H21N3O2/c1-3-11-8-12(18-6-4-16-5-7-18)9-13-14(11)20-10(2)15(19)17-13/h8-10,16H,3-7H2,1-2H3,(H,17,19). The number of carbonyl (C=O) groups excluding carboxylic acids is 1. The van der Waals surface area contributed by atoms with Gasteiger partial charge in [-0.15, -0.1) is 0 Å². The van der Waals surface area contributed by atoms with Crippen molar-refractivity contribution >= 4 is 17.3 Å². The second-order valence-electron chi connectivity index (χ2n) is 5.32. The largest absolute Gasteiger partial charge is 0.478 e. The van der Waals surface area contributed by atoms with E-state index >= 15 is 0 Å². The van der Waals surface area contributed by atoms with Gasteiger partial charge in [-0.2, -0.15) is 0 Å². The first-order valence-corrected chi connectivity index (χ1v) is 7.29. The average molecular weight is 275 g/mol. The van der Waals surface area contributed by atoms with Crippen LogP contribution in [-0.4, -0.2) is 38.2 Å². The molecular formula is C15H21N3O2. The van der Waals surface area contributed by atoms with E-state index < -0.39 is 6.10 Å². The van der Waals surface area contributed by atoms with E-state index in [1.165, 1.54) is 5.69 Å². The first kappa shape index (κ1) is 13.2. The molecule has 1 unspecified atom stereocenters. The number of carbonyl (C=O) groups is 1. The molecule has 0 aliphatic carbocycles. The van der Waals surface area contributed by atoms with Gasteiger partial charge in [0, 0.05) is 31.9 Å². The number of aryl methyl sites for hydroxylation is 1. The summed E-state index contributed by atoms with van der Waals surface area (Å²) >= 11 is 0. The molecule has 2 aliphatic heterocycles. The summed E-state index contributed by atoms with van der Waals surface area (Å²) in [7, 11) is 0. The molecule has 1 aromatic rings. The number of anilines is 2. The predicted molar refractivity (Wildman–Crippen MR) is 79.6 cm³/mol. The van der Waals surface area contributed by atoms with Crippen LogP contribution in [0.5, 0.6) is 5.75 Å². The zero-order valence-corrected chi connectivity index (χ0v) is 12.0. The zero-order chi connectivity index (χ0) is 14.1. The van der Waals surface area contributed by atoms with Gasteiger partial charge in [0.25, 0.3) is 5.91 Å². The summed E-state index contributed by atoms with van der Waals surface area (Å²) in [6.07, 6.45) is 0.475. The van der Waals surface area contributed by atoms with Crippen LogP contribution in [0.2, 0.25) is 0 Å². The molecule has 20 heavy (non-hydrogen) atoms. The summed E-state index contributed by atoms with van der Waals surface area (Å²) in [5.74, 6) is 0.760. The molecule has 1 atom stereocenters. The number of hydrogen-bond donors (Lipinski definition) is 2. The molecular weight excluding hydrogens is 254 g/mol. The van der Waals surface area contributed by atoms with E-state index in [1.54, 1.807) is 6.92 Å². The lowest BCUT2D eigenvalue weighted by Gasteiger charge is -2.32. The van der Waals surface area contributed by atoms with E-state index in [0.29, 0.717) is 0 Å². The maximum Gasteiger partial charge on any atom is 0.265 e. The van der Waals surface area contributed by atoms with Gasteiger partial charge in [0.2, 0.25) is 0 Å². The maximum absolute atomic E-state index is 11.8. The first-order chi connectivity index (χ1) is 9.69. The summed E-state index contributed by atoms with van der Waals surface area (Å²) < 4.78 is 5.77. The Morgan fingerprint density at radius 3 is 2.80 bits per heavy atom. The molecule has 1 aromatic carbocycles. The number of ether oxygens (including phenoxy) is 1. The molecule has 2 heterocycles. The van der Waals surface area contributed by atoms with Crippen LogP contribution >= 0.6 is 0 Å². The number of hydrogen-bond acceptors (Lipinski definition) is 4. The van der Waals surface area contributed by atoms with Gasteiger partial charge in [0.15, 0.2) is 6.10 Å². The lowest BCUT2D eigenvalue weighted by molar-refractivity contribution is -0.122. The molecule has 0 bridgehead atoms. The summed E-state index contributed by atoms with van der Waals surface area (Å²) in [4.78, 5) is 14.1. The molecule has 3 rings (SSSR count). The maximum atomic E-state index is 11.8. The van der Waals surface area contributed by atoms with E-state index in [1.807, 2.05) is 6.07 Å². The molecule has 2 N–H and O–H groups in total. The average Bonchev–Trinajstić information content (AvgIpc) is 2.48. The van der Waals surface area contributed by atoms with Crippen molar-refractivity contribution in [3.63, 3.8) is 0 Å². The molecule has 1 saturated heterocycles. The SMILES string of the molecule is CCc1cc(N2CCNCC2)cc2c1OC(C)C(=O)N2. The Hall–Kier alpha value is -1.75. The summed E-state index contributed by atoms with van der Waals surface area (Å²) in [6, 6.07) is 4.22. The van der Waals surface area contributed by atoms with E-state index in [-0.39, 0.29) is 5.91 Å². The van der Waals surface area contributed by atoms with E-state index in [4.69, 9.17) is 4.74 Å². The van der Waals surface area contributed by atoms with Crippen LogP contribution in [0.1, 0.15) is 19.4 Å². The fraction of sp³-hybridized carbons (Fsp3) is 0.533. The number of nitrogens with zero attached hydrogens (tertiary/aromatic N) is 1. The fourth-order valence-corrected chi connectivity index (χ4v) is 2.74. The van der Waals surface area contributed by atoms with Crippen LogP contribution < -0.4 is 20.3 Å². The van der Waals surface area contributed by atoms with Gasteiger partial charge < -0.3 is 20.3 Å². The van der Waals surface area contributed by atoms with E-state index in [2.05, 4.69) is 28.5 Å². The smallest absolute Gasteiger partial charge is 0.265 e. The Morgan fingerprint density at radius 1 is 1.35 bits per heavy atom. The molecule has 5 nitrogen and oxygen atoms in total. The van der Waals surface area contributed by atoms with Crippen molar-refractivity contribution in [2.75, 3.05) is 36.4 Å². The Labute approximate surface area is 119 Å². The van der Waals surface area contributed by atoms with Crippen molar-refractivity contribution in [1.29, 1.82) is 0 Å². The highest BCUT2D eigenvalue weighted by molar-refractivity contribution is 5.98. The van der Waals surface area contributed by atoms with Gasteiger partial charge in [-0.3, -0.25) is 4.79 Å². The minimum atomic E-state index is -0.419. The second-order valence-corrected chi connectivity index (χ2v) is 5.32. The van der Waals surface area contributed by atoms with Gasteiger partial charge in [0.1, 0.15) is 5.75 Å². The predicted octanol–water partition coefficient (Wildman–Crippen LogP) is 1.38. The number of rotatable bonds is 2. The molecule has 0 radical (unpaired) electrons. The molecule has 1 amide bonds. The highest BCUT2D eigenvalue weighted by Gasteiger charge is 2.26. The number of nitrogens with one attached hydrogen (secondary N) is 2. The number of amides is 1. The molecule has 2 aliphatic rings. The number of fused-ring (bicyclic) bond motifs is 1. The molecule has 108 valence electrons. The van der Waals surface area contributed by atoms with Crippen LogP contribution in [0.15, 0.2) is 12.1 Å². The zero-order valence-electron chi connectivity index (χ0n) is 12.0. The second kappa shape index (κ2) is 5.32. The van der Waals surface area contributed by atoms with Crippen molar-refractivity contribution in [3.8, 4) is 5.75 Å². The fourth-order valence-electron chi connectivity index (χ4n) is 2.74. The van der Waals surface area contributed by atoms with Gasteiger partial charge >= 0.3 is 0 Å². The Morgan fingerprint density at radius 2 is 2.10 bits per heavy atom. The number of piperazine rings is 1. The van der Waals surface area contributed by atoms with Crippen molar-refractivity contribution in [2.45, 2.75) is 26.4 Å². The first-order valence-electron chi connectivity index (χ1n) is 7.29. The lowest BCUT2D eigenvalue weighted by atomic mass is 10.1. The highest BCUT2D eigenvalue weighted by Crippen LogP contribution is 2.37. The van der Waals surface area contributed by atoms with Crippen molar-refractivity contribution in [1.82, 2.24) is 5.32 Å². The molecule has 0 aromatic heterocycles. The third-order valence-electron chi connectivity index (χ3n) is 3.94. The van der Waals surface area contributed by atoms with E-state index in [0.717, 1.165) is 49.6 Å². The normalized spacial score (nSPS) is 22.0. The van der Waals surface area contributed by atoms with Crippen LogP contribution in [0.25, 0.3) is 0 Å². The Bertz CT molecular complexity index is 524. The number of benzene rings is 1. The van der Waals surface area contributed by atoms with Gasteiger partial charge in [-0.1, -0.05) is 6.92 Å². The molecule has 5 heteroatoms. The lowest BCUT2D eigenvalue weighted by Crippen LogP contribution is -2.43. The van der Waals surface area contributed by atoms with Crippen LogP contribution in [-0.2, 0) is 11.2 Å². The molecule has 0 spiro atoms. The van der Waals surface area contributed by atoms with Gasteiger partial charge in [0.05, 0.1) is 5.69 Å². The van der Waals surface area contributed by atoms with Crippen molar-refractivity contribution in [3.05, 3.63) is 17.7 Å². The van der Waals surface area contributed by atoms with Gasteiger partial charge in [-0.25, -0.2) is 0 Å². The quantitative estimate of drug-likeness (QED) is 0.856. The van der Waals surface area contributed by atoms with Crippen LogP contribution in [0.4, 0.5) is 11.4 Å². The topological polar surface area (TPSA) is 53.6 Å². The van der Waals surface area contributed by atoms with Crippen LogP contribution in [0.3, 0.4) is 0 Å². The Kier molecular flexibility index (Phi) is 3.53. The molecule has 1 fully saturated rings. The molecule has 0 saturated carbocycles. The van der Waals surface area contributed by atoms with Crippen molar-refractivity contribution < 1.29 is 9.53 Å². The third-order valence-corrected chi connectivity index (χ3v) is 3.94. The summed E-state index contributed by atoms with van der Waals surface area (Å²) in [5, 5.41) is 6.31. The monoisotopic (exact) mass is 275 g/mol. The summed E-state index contributed by atoms with van der Waals surface area (Å²) in [6.45, 7) is 7.88. The van der Waals surface area contributed by atoms with Gasteiger partial charge in [-0.05, 0) is 31.0 Å². The Balaban J connectivity index is 1.97. The van der Waals surface area contributed by atoms with E-state index in [9.17, 15) is 4.79 Å². The summed E-state index contributed by atoms with van der Waals surface area (Å²) in [5.41, 5.74) is 3.13. The minimum absolute atomic E-state index is 0.0722. The minimum Gasteiger partial charge on any atom is -0.478 e. The third kappa shape index (κ3) is 2.33. The van der Waals surface area contributed by atoms with Crippen molar-refractivity contribution in [2.24, 2.45) is 0 Å². The van der Waals surface area contributed by atoms with Crippen LogP contribution in [0, 0.1) is 0 Å².